The Balaban J connectivity index is 1.39. The van der Waals surface area contributed by atoms with Gasteiger partial charge in [0.1, 0.15) is 0 Å². The van der Waals surface area contributed by atoms with Crippen molar-refractivity contribution in [1.29, 1.82) is 0 Å². The zero-order valence-electron chi connectivity index (χ0n) is 22.4. The highest BCUT2D eigenvalue weighted by molar-refractivity contribution is 5.30. The van der Waals surface area contributed by atoms with E-state index in [2.05, 4.69) is 41.5 Å². The lowest BCUT2D eigenvalue weighted by Crippen LogP contribution is -2.59. The molecule has 0 radical (unpaired) electrons. The van der Waals surface area contributed by atoms with E-state index in [-0.39, 0.29) is 24.2 Å². The van der Waals surface area contributed by atoms with Crippen LogP contribution in [-0.4, -0.2) is 34.1 Å². The molecule has 5 aliphatic carbocycles. The predicted octanol–water partition coefficient (Wildman–Crippen LogP) is 6.19. The van der Waals surface area contributed by atoms with E-state index in [1.165, 1.54) is 51.4 Å². The van der Waals surface area contributed by atoms with Gasteiger partial charge >= 0.3 is 0 Å². The maximum Gasteiger partial charge on any atom is 0.0618 e. The number of rotatable bonds is 6. The lowest BCUT2D eigenvalue weighted by molar-refractivity contribution is -0.174. The Morgan fingerprint density at radius 1 is 0.788 bits per heavy atom. The molecular weight excluding hydrogens is 408 g/mol. The molecule has 11 atom stereocenters. The van der Waals surface area contributed by atoms with Gasteiger partial charge in [0.15, 0.2) is 0 Å². The minimum atomic E-state index is -0.338. The molecule has 0 aromatic carbocycles. The van der Waals surface area contributed by atoms with Crippen molar-refractivity contribution in [1.82, 2.24) is 0 Å². The summed E-state index contributed by atoms with van der Waals surface area (Å²) < 4.78 is 0. The zero-order chi connectivity index (χ0) is 24.0. The molecule has 0 bridgehead atoms. The summed E-state index contributed by atoms with van der Waals surface area (Å²) in [4.78, 5) is 0. The molecule has 3 N–H and O–H groups in total. The molecule has 0 aromatic heterocycles. The highest BCUT2D eigenvalue weighted by atomic mass is 16.3. The van der Waals surface area contributed by atoms with Crippen molar-refractivity contribution in [2.75, 3.05) is 6.61 Å². The molecule has 5 rings (SSSR count). The van der Waals surface area contributed by atoms with Gasteiger partial charge in [0, 0.05) is 5.41 Å². The van der Waals surface area contributed by atoms with E-state index < -0.39 is 0 Å². The quantitative estimate of drug-likeness (QED) is 0.443. The Hall–Kier alpha value is -0.120. The van der Waals surface area contributed by atoms with Gasteiger partial charge in [-0.15, -0.1) is 0 Å². The van der Waals surface area contributed by atoms with Gasteiger partial charge in [-0.25, -0.2) is 0 Å². The van der Waals surface area contributed by atoms with Crippen LogP contribution in [0.15, 0.2) is 0 Å². The summed E-state index contributed by atoms with van der Waals surface area (Å²) in [5.74, 6) is 3.14. The van der Waals surface area contributed by atoms with Crippen LogP contribution in [-0.2, 0) is 0 Å². The van der Waals surface area contributed by atoms with E-state index in [1.807, 2.05) is 0 Å². The third-order valence-electron chi connectivity index (χ3n) is 13.7. The normalized spacial score (nSPS) is 54.7. The monoisotopic (exact) mass is 460 g/mol. The average Bonchev–Trinajstić information content (AvgIpc) is 3.37. The molecule has 5 aliphatic rings. The van der Waals surface area contributed by atoms with Crippen LogP contribution in [0, 0.1) is 56.7 Å². The van der Waals surface area contributed by atoms with E-state index in [0.717, 1.165) is 31.1 Å². The van der Waals surface area contributed by atoms with Crippen LogP contribution in [0.4, 0.5) is 0 Å². The van der Waals surface area contributed by atoms with Gasteiger partial charge in [-0.05, 0) is 122 Å². The fraction of sp³-hybridized carbons (Fsp3) is 1.00. The smallest absolute Gasteiger partial charge is 0.0618 e. The van der Waals surface area contributed by atoms with E-state index in [4.69, 9.17) is 0 Å². The van der Waals surface area contributed by atoms with Crippen LogP contribution in [0.2, 0.25) is 0 Å². The highest BCUT2D eigenvalue weighted by Gasteiger charge is 2.82. The van der Waals surface area contributed by atoms with Crippen LogP contribution in [0.5, 0.6) is 0 Å². The first-order chi connectivity index (χ1) is 15.4. The van der Waals surface area contributed by atoms with Gasteiger partial charge in [0.2, 0.25) is 0 Å². The Labute approximate surface area is 203 Å². The molecule has 5 fully saturated rings. The molecule has 190 valence electrons. The predicted molar refractivity (Wildman–Crippen MR) is 134 cm³/mol. The van der Waals surface area contributed by atoms with E-state index >= 15 is 0 Å². The first-order valence-electron chi connectivity index (χ1n) is 14.4. The molecule has 0 aliphatic heterocycles. The minimum absolute atomic E-state index is 0.137. The Morgan fingerprint density at radius 3 is 2.12 bits per heavy atom. The van der Waals surface area contributed by atoms with Crippen LogP contribution < -0.4 is 0 Å². The van der Waals surface area contributed by atoms with Crippen molar-refractivity contribution in [3.8, 4) is 0 Å². The van der Waals surface area contributed by atoms with Gasteiger partial charge in [-0.2, -0.15) is 0 Å². The first-order valence-corrected chi connectivity index (χ1v) is 14.4. The number of hydrogen-bond acceptors (Lipinski definition) is 3. The van der Waals surface area contributed by atoms with Gasteiger partial charge in [-0.3, -0.25) is 0 Å². The molecule has 0 saturated heterocycles. The number of aliphatic hydroxyl groups is 3. The Morgan fingerprint density at radius 2 is 1.45 bits per heavy atom. The van der Waals surface area contributed by atoms with Crippen molar-refractivity contribution in [2.45, 2.75) is 124 Å². The lowest BCUT2D eigenvalue weighted by atomic mass is 9.41. The summed E-state index contributed by atoms with van der Waals surface area (Å²) in [6.45, 7) is 14.4. The second-order valence-corrected chi connectivity index (χ2v) is 14.7. The Kier molecular flexibility index (Phi) is 5.72. The maximum atomic E-state index is 10.9. The molecule has 0 heterocycles. The van der Waals surface area contributed by atoms with Crippen molar-refractivity contribution < 1.29 is 15.3 Å². The van der Waals surface area contributed by atoms with Crippen molar-refractivity contribution in [3.63, 3.8) is 0 Å². The topological polar surface area (TPSA) is 60.7 Å². The number of aliphatic hydroxyl groups excluding tert-OH is 3. The highest BCUT2D eigenvalue weighted by Crippen LogP contribution is 2.89. The van der Waals surface area contributed by atoms with E-state index in [9.17, 15) is 15.3 Å². The molecular formula is C30H52O3. The largest absolute Gasteiger partial charge is 0.396 e. The van der Waals surface area contributed by atoms with Crippen molar-refractivity contribution in [2.24, 2.45) is 56.7 Å². The van der Waals surface area contributed by atoms with Crippen molar-refractivity contribution >= 4 is 0 Å². The number of hydrogen-bond donors (Lipinski definition) is 3. The maximum absolute atomic E-state index is 10.9. The molecule has 0 amide bonds. The zero-order valence-corrected chi connectivity index (χ0v) is 22.4. The SMILES string of the molecule is CC(C)[C@@H](O)CC[C@@H](C)[C@H]1CC[C@@]2(C)[C@@H]3CC[C@H]4[C@](C)(CO)[C@@H](O)CC[C@@]45C[C@@]35CC[C@]12C. The molecule has 3 nitrogen and oxygen atoms in total. The van der Waals surface area contributed by atoms with Gasteiger partial charge in [-0.1, -0.05) is 41.5 Å². The third-order valence-corrected chi connectivity index (χ3v) is 13.7. The summed E-state index contributed by atoms with van der Waals surface area (Å²) in [6.07, 6.45) is 13.0. The van der Waals surface area contributed by atoms with Gasteiger partial charge < -0.3 is 15.3 Å². The van der Waals surface area contributed by atoms with Gasteiger partial charge in [0.25, 0.3) is 0 Å². The summed E-state index contributed by atoms with van der Waals surface area (Å²) in [6, 6.07) is 0. The van der Waals surface area contributed by atoms with E-state index in [1.54, 1.807) is 0 Å². The second-order valence-electron chi connectivity index (χ2n) is 14.7. The van der Waals surface area contributed by atoms with Crippen LogP contribution in [0.1, 0.15) is 112 Å². The van der Waals surface area contributed by atoms with Crippen LogP contribution in [0.3, 0.4) is 0 Å². The molecule has 2 spiro atoms. The first kappa shape index (κ1) is 24.6. The lowest BCUT2D eigenvalue weighted by Gasteiger charge is -2.63. The fourth-order valence-corrected chi connectivity index (χ4v) is 11.3. The molecule has 3 heteroatoms. The second kappa shape index (κ2) is 7.69. The molecule has 33 heavy (non-hydrogen) atoms. The third kappa shape index (κ3) is 2.97. The van der Waals surface area contributed by atoms with Gasteiger partial charge in [0.05, 0.1) is 18.8 Å². The standard InChI is InChI=1S/C30H52O3/c1-19(2)22(32)8-7-20(3)21-11-13-28(6)24-10-9-23-26(4,18-31)25(33)12-14-29(23)17-30(24,29)16-15-27(21,28)5/h19-25,31-33H,7-18H2,1-6H3/t20-,21-,22+,23+,24+,25+,26+,27-,28+,29-,30+/m1/s1. The average molecular weight is 461 g/mol. The minimum Gasteiger partial charge on any atom is -0.396 e. The molecule has 5 saturated carbocycles. The van der Waals surface area contributed by atoms with Crippen LogP contribution >= 0.6 is 0 Å². The number of fused-ring (bicyclic) bond motifs is 2. The summed E-state index contributed by atoms with van der Waals surface area (Å²) in [7, 11) is 0. The summed E-state index contributed by atoms with van der Waals surface area (Å²) in [5.41, 5.74) is 1.39. The summed E-state index contributed by atoms with van der Waals surface area (Å²) >= 11 is 0. The fourth-order valence-electron chi connectivity index (χ4n) is 11.3. The Bertz CT molecular complexity index is 766. The molecule has 0 aromatic rings. The molecule has 0 unspecified atom stereocenters. The van der Waals surface area contributed by atoms with Crippen LogP contribution in [0.25, 0.3) is 0 Å². The summed E-state index contributed by atoms with van der Waals surface area (Å²) in [5, 5.41) is 31.7. The van der Waals surface area contributed by atoms with Crippen molar-refractivity contribution in [3.05, 3.63) is 0 Å². The van der Waals surface area contributed by atoms with E-state index in [0.29, 0.717) is 39.4 Å².